The van der Waals surface area contributed by atoms with Gasteiger partial charge in [-0.1, -0.05) is 11.6 Å². The molecule has 0 aliphatic carbocycles. The summed E-state index contributed by atoms with van der Waals surface area (Å²) in [7, 11) is -2.05. The number of nitrogens with zero attached hydrogens (tertiary/aromatic N) is 3. The molecule has 1 heterocycles. The number of hydrogen-bond donors (Lipinski definition) is 0. The van der Waals surface area contributed by atoms with Crippen molar-refractivity contribution in [1.82, 2.24) is 9.21 Å². The lowest BCUT2D eigenvalue weighted by molar-refractivity contribution is 0.0798. The Morgan fingerprint density at radius 3 is 2.65 bits per heavy atom. The molecule has 1 saturated heterocycles. The molecule has 0 N–H and O–H groups in total. The zero-order valence-electron chi connectivity index (χ0n) is 12.8. The largest absolute Gasteiger partial charge is 0.341 e. The van der Waals surface area contributed by atoms with E-state index in [1.165, 1.54) is 27.4 Å². The quantitative estimate of drug-likeness (QED) is 0.810. The molecule has 1 aliphatic rings. The summed E-state index contributed by atoms with van der Waals surface area (Å²) in [5.41, 5.74) is 0.132. The van der Waals surface area contributed by atoms with Crippen LogP contribution in [0.4, 0.5) is 0 Å². The van der Waals surface area contributed by atoms with Crippen LogP contribution < -0.4 is 0 Å². The van der Waals surface area contributed by atoms with Gasteiger partial charge in [-0.2, -0.15) is 9.57 Å². The Bertz CT molecular complexity index is 737. The van der Waals surface area contributed by atoms with Crippen molar-refractivity contribution in [1.29, 1.82) is 5.26 Å². The van der Waals surface area contributed by atoms with Gasteiger partial charge in [0.15, 0.2) is 0 Å². The number of amides is 1. The van der Waals surface area contributed by atoms with E-state index in [0.29, 0.717) is 13.1 Å². The van der Waals surface area contributed by atoms with Crippen molar-refractivity contribution in [3.63, 3.8) is 0 Å². The monoisotopic (exact) mass is 355 g/mol. The average Bonchev–Trinajstić information content (AvgIpc) is 3.07. The maximum atomic E-state index is 12.6. The first kappa shape index (κ1) is 17.7. The van der Waals surface area contributed by atoms with Crippen LogP contribution in [0.15, 0.2) is 23.1 Å². The van der Waals surface area contributed by atoms with E-state index in [9.17, 15) is 13.2 Å². The Hall–Kier alpha value is -1.62. The summed E-state index contributed by atoms with van der Waals surface area (Å²) in [6.07, 6.45) is 1.89. The minimum absolute atomic E-state index is 0.0702. The summed E-state index contributed by atoms with van der Waals surface area (Å²) in [4.78, 5) is 13.8. The molecule has 23 heavy (non-hydrogen) atoms. The Morgan fingerprint density at radius 1 is 1.39 bits per heavy atom. The minimum Gasteiger partial charge on any atom is -0.341 e. The molecule has 0 atom stereocenters. The van der Waals surface area contributed by atoms with E-state index in [2.05, 4.69) is 0 Å². The first-order chi connectivity index (χ1) is 10.9. The second-order valence-electron chi connectivity index (χ2n) is 5.39. The third-order valence-electron chi connectivity index (χ3n) is 3.78. The molecule has 1 aliphatic heterocycles. The molecule has 1 fully saturated rings. The van der Waals surface area contributed by atoms with E-state index in [-0.39, 0.29) is 28.4 Å². The lowest BCUT2D eigenvalue weighted by Gasteiger charge is -2.19. The molecule has 124 valence electrons. The topological polar surface area (TPSA) is 81.5 Å². The van der Waals surface area contributed by atoms with Crippen molar-refractivity contribution >= 4 is 27.5 Å². The Labute approximate surface area is 141 Å². The van der Waals surface area contributed by atoms with Crippen LogP contribution in [0.2, 0.25) is 5.02 Å². The molecule has 1 amide bonds. The normalized spacial score (nSPS) is 15.3. The fourth-order valence-corrected chi connectivity index (χ4v) is 4.17. The van der Waals surface area contributed by atoms with Gasteiger partial charge in [0.25, 0.3) is 5.91 Å². The number of sulfonamides is 1. The van der Waals surface area contributed by atoms with E-state index in [1.54, 1.807) is 7.05 Å². The molecular weight excluding hydrogens is 338 g/mol. The van der Waals surface area contributed by atoms with Crippen LogP contribution in [0.25, 0.3) is 0 Å². The first-order valence-electron chi connectivity index (χ1n) is 7.30. The Morgan fingerprint density at radius 2 is 2.04 bits per heavy atom. The molecule has 0 spiro atoms. The van der Waals surface area contributed by atoms with E-state index in [4.69, 9.17) is 16.9 Å². The van der Waals surface area contributed by atoms with Crippen LogP contribution in [-0.2, 0) is 10.0 Å². The predicted molar refractivity (Wildman–Crippen MR) is 86.6 cm³/mol. The van der Waals surface area contributed by atoms with Gasteiger partial charge < -0.3 is 4.90 Å². The van der Waals surface area contributed by atoms with Gasteiger partial charge in [-0.3, -0.25) is 4.79 Å². The van der Waals surface area contributed by atoms with Crippen LogP contribution >= 0.6 is 11.6 Å². The van der Waals surface area contributed by atoms with Crippen LogP contribution in [0.3, 0.4) is 0 Å². The van der Waals surface area contributed by atoms with Crippen molar-refractivity contribution in [2.45, 2.75) is 24.2 Å². The number of nitriles is 1. The van der Waals surface area contributed by atoms with Crippen molar-refractivity contribution < 1.29 is 13.2 Å². The van der Waals surface area contributed by atoms with Gasteiger partial charge in [0, 0.05) is 26.7 Å². The molecule has 6 nitrogen and oxygen atoms in total. The number of benzene rings is 1. The van der Waals surface area contributed by atoms with Crippen LogP contribution in [-0.4, -0.2) is 50.2 Å². The van der Waals surface area contributed by atoms with Gasteiger partial charge in [0.05, 0.1) is 28.0 Å². The molecule has 0 radical (unpaired) electrons. The summed E-state index contributed by atoms with van der Waals surface area (Å²) in [6, 6.07) is 6.13. The van der Waals surface area contributed by atoms with Crippen molar-refractivity contribution in [2.75, 3.05) is 26.7 Å². The van der Waals surface area contributed by atoms with E-state index >= 15 is 0 Å². The summed E-state index contributed by atoms with van der Waals surface area (Å²) in [5.74, 6) is -0.399. The average molecular weight is 356 g/mol. The summed E-state index contributed by atoms with van der Waals surface area (Å²) in [5, 5.41) is 8.79. The highest BCUT2D eigenvalue weighted by Crippen LogP contribution is 2.26. The summed E-state index contributed by atoms with van der Waals surface area (Å²) in [6.45, 7) is 1.25. The van der Waals surface area contributed by atoms with Gasteiger partial charge >= 0.3 is 0 Å². The van der Waals surface area contributed by atoms with Gasteiger partial charge in [0.2, 0.25) is 10.0 Å². The van der Waals surface area contributed by atoms with E-state index in [0.717, 1.165) is 12.8 Å². The maximum absolute atomic E-state index is 12.6. The molecule has 0 unspecified atom stereocenters. The van der Waals surface area contributed by atoms with Gasteiger partial charge in [-0.15, -0.1) is 0 Å². The van der Waals surface area contributed by atoms with Crippen LogP contribution in [0.1, 0.15) is 29.6 Å². The highest BCUT2D eigenvalue weighted by molar-refractivity contribution is 7.89. The third kappa shape index (κ3) is 3.83. The van der Waals surface area contributed by atoms with Crippen LogP contribution in [0, 0.1) is 11.3 Å². The number of rotatable bonds is 5. The van der Waals surface area contributed by atoms with Crippen LogP contribution in [0.5, 0.6) is 0 Å². The lowest BCUT2D eigenvalue weighted by Crippen LogP contribution is -2.30. The fraction of sp³-hybridized carbons (Fsp3) is 0.467. The SMILES string of the molecule is CN(CCC#N)C(=O)c1cc(S(=O)(=O)N2CCCC2)ccc1Cl. The fourth-order valence-electron chi connectivity index (χ4n) is 2.43. The number of halogens is 1. The highest BCUT2D eigenvalue weighted by atomic mass is 35.5. The maximum Gasteiger partial charge on any atom is 0.255 e. The standard InChI is InChI=1S/C15H18ClN3O3S/c1-18(8-4-7-17)15(20)13-11-12(5-6-14(13)16)23(21,22)19-9-2-3-10-19/h5-6,11H,2-4,8-10H2,1H3. The predicted octanol–water partition coefficient (Wildman–Crippen LogP) is 2.11. The molecule has 0 aromatic heterocycles. The van der Waals surface area contributed by atoms with Gasteiger partial charge in [-0.05, 0) is 31.0 Å². The van der Waals surface area contributed by atoms with Crippen molar-refractivity contribution in [3.8, 4) is 6.07 Å². The molecule has 2 rings (SSSR count). The number of hydrogen-bond acceptors (Lipinski definition) is 4. The summed E-state index contributed by atoms with van der Waals surface area (Å²) >= 11 is 6.06. The minimum atomic E-state index is -3.60. The molecule has 1 aromatic rings. The molecule has 1 aromatic carbocycles. The molecule has 0 saturated carbocycles. The van der Waals surface area contributed by atoms with E-state index in [1.807, 2.05) is 6.07 Å². The highest BCUT2D eigenvalue weighted by Gasteiger charge is 2.28. The lowest BCUT2D eigenvalue weighted by atomic mass is 10.2. The van der Waals surface area contributed by atoms with E-state index < -0.39 is 15.9 Å². The second-order valence-corrected chi connectivity index (χ2v) is 7.73. The van der Waals surface area contributed by atoms with Gasteiger partial charge in [0.1, 0.15) is 0 Å². The Kier molecular flexibility index (Phi) is 5.63. The van der Waals surface area contributed by atoms with Crippen molar-refractivity contribution in [3.05, 3.63) is 28.8 Å². The zero-order valence-corrected chi connectivity index (χ0v) is 14.4. The van der Waals surface area contributed by atoms with Gasteiger partial charge in [-0.25, -0.2) is 8.42 Å². The van der Waals surface area contributed by atoms with Crippen molar-refractivity contribution in [2.24, 2.45) is 0 Å². The first-order valence-corrected chi connectivity index (χ1v) is 9.12. The molecule has 0 bridgehead atoms. The number of carbonyl (C=O) groups is 1. The smallest absolute Gasteiger partial charge is 0.255 e. The molecule has 8 heteroatoms. The number of carbonyl (C=O) groups excluding carboxylic acids is 1. The Balaban J connectivity index is 2.32. The third-order valence-corrected chi connectivity index (χ3v) is 6.00. The second kappa shape index (κ2) is 7.30. The summed E-state index contributed by atoms with van der Waals surface area (Å²) < 4.78 is 26.6. The molecular formula is C15H18ClN3O3S. The zero-order chi connectivity index (χ0) is 17.0.